The molecule has 1 aromatic rings. The van der Waals surface area contributed by atoms with Gasteiger partial charge in [0, 0.05) is 6.04 Å². The molecule has 0 fully saturated rings. The van der Waals surface area contributed by atoms with Gasteiger partial charge in [0.25, 0.3) is 0 Å². The Labute approximate surface area is 106 Å². The molecule has 1 rings (SSSR count). The minimum Gasteiger partial charge on any atom is -0.310 e. The molecule has 90 valence electrons. The molecule has 0 heterocycles. The van der Waals surface area contributed by atoms with Gasteiger partial charge in [-0.1, -0.05) is 17.7 Å². The molecule has 16 heavy (non-hydrogen) atoms. The summed E-state index contributed by atoms with van der Waals surface area (Å²) in [5, 5.41) is 3.58. The summed E-state index contributed by atoms with van der Waals surface area (Å²) in [5.41, 5.74) is 1.02. The van der Waals surface area contributed by atoms with Crippen LogP contribution in [0.2, 0.25) is 5.02 Å². The van der Waals surface area contributed by atoms with Crippen LogP contribution < -0.4 is 5.32 Å². The van der Waals surface area contributed by atoms with Crippen LogP contribution in [0.5, 0.6) is 0 Å². The monoisotopic (exact) mass is 261 g/mol. The lowest BCUT2D eigenvalue weighted by atomic mass is 10.1. The highest BCUT2D eigenvalue weighted by molar-refractivity contribution is 7.98. The van der Waals surface area contributed by atoms with Crippen LogP contribution in [0, 0.1) is 5.82 Å². The maximum atomic E-state index is 13.0. The second-order valence-electron chi connectivity index (χ2n) is 3.70. The summed E-state index contributed by atoms with van der Waals surface area (Å²) in [7, 11) is 0. The number of halogens is 2. The molecule has 0 aromatic heterocycles. The predicted molar refractivity (Wildman–Crippen MR) is 70.8 cm³/mol. The summed E-state index contributed by atoms with van der Waals surface area (Å²) in [5.74, 6) is 0.796. The zero-order valence-electron chi connectivity index (χ0n) is 9.59. The lowest BCUT2D eigenvalue weighted by Crippen LogP contribution is -2.20. The maximum Gasteiger partial charge on any atom is 0.141 e. The third kappa shape index (κ3) is 4.32. The van der Waals surface area contributed by atoms with Gasteiger partial charge >= 0.3 is 0 Å². The van der Waals surface area contributed by atoms with E-state index in [0.717, 1.165) is 24.3 Å². The summed E-state index contributed by atoms with van der Waals surface area (Å²) >= 11 is 7.58. The van der Waals surface area contributed by atoms with Gasteiger partial charge in [-0.25, -0.2) is 4.39 Å². The predicted octanol–water partition coefficient (Wildman–Crippen LogP) is 3.88. The quantitative estimate of drug-likeness (QED) is 0.780. The normalized spacial score (nSPS) is 12.8. The van der Waals surface area contributed by atoms with Gasteiger partial charge in [0.2, 0.25) is 0 Å². The van der Waals surface area contributed by atoms with Gasteiger partial charge < -0.3 is 5.32 Å². The van der Waals surface area contributed by atoms with E-state index in [1.807, 2.05) is 11.8 Å². The Morgan fingerprint density at radius 1 is 1.50 bits per heavy atom. The van der Waals surface area contributed by atoms with Crippen LogP contribution >= 0.6 is 23.4 Å². The first-order valence-corrected chi connectivity index (χ1v) is 7.09. The second-order valence-corrected chi connectivity index (χ2v) is 5.09. The van der Waals surface area contributed by atoms with Crippen molar-refractivity contribution in [2.24, 2.45) is 0 Å². The summed E-state index contributed by atoms with van der Waals surface area (Å²) in [4.78, 5) is 0. The van der Waals surface area contributed by atoms with Crippen molar-refractivity contribution in [3.05, 3.63) is 34.6 Å². The molecule has 0 aliphatic heterocycles. The summed E-state index contributed by atoms with van der Waals surface area (Å²) in [6.07, 6.45) is 3.24. The lowest BCUT2D eigenvalue weighted by Gasteiger charge is -2.14. The second kappa shape index (κ2) is 7.15. The molecule has 0 aliphatic carbocycles. The molecule has 0 bridgehead atoms. The first-order chi connectivity index (χ1) is 7.65. The molecular formula is C12H17ClFNS. The Morgan fingerprint density at radius 2 is 2.25 bits per heavy atom. The number of rotatable bonds is 6. The maximum absolute atomic E-state index is 13.0. The highest BCUT2D eigenvalue weighted by Gasteiger charge is 2.07. The summed E-state index contributed by atoms with van der Waals surface area (Å²) < 4.78 is 13.0. The molecule has 4 heteroatoms. The lowest BCUT2D eigenvalue weighted by molar-refractivity contribution is 0.569. The van der Waals surface area contributed by atoms with Crippen LogP contribution in [0.25, 0.3) is 0 Å². The van der Waals surface area contributed by atoms with Crippen LogP contribution in [-0.4, -0.2) is 18.6 Å². The molecule has 1 unspecified atom stereocenters. The largest absolute Gasteiger partial charge is 0.310 e. The Bertz CT molecular complexity index is 333. The molecule has 0 saturated carbocycles. The van der Waals surface area contributed by atoms with Crippen LogP contribution in [0.4, 0.5) is 4.39 Å². The fraction of sp³-hybridized carbons (Fsp3) is 0.500. The van der Waals surface area contributed by atoms with Crippen LogP contribution in [0.15, 0.2) is 18.2 Å². The SMILES string of the molecule is CSCCCNC(C)c1ccc(F)c(Cl)c1. The van der Waals surface area contributed by atoms with Crippen molar-refractivity contribution in [2.75, 3.05) is 18.6 Å². The van der Waals surface area contributed by atoms with Crippen molar-refractivity contribution in [3.63, 3.8) is 0 Å². The van der Waals surface area contributed by atoms with E-state index in [-0.39, 0.29) is 16.9 Å². The molecule has 1 nitrogen and oxygen atoms in total. The van der Waals surface area contributed by atoms with Gasteiger partial charge in [-0.05, 0) is 49.6 Å². The van der Waals surface area contributed by atoms with Gasteiger partial charge in [-0.2, -0.15) is 11.8 Å². The average molecular weight is 262 g/mol. The Kier molecular flexibility index (Phi) is 6.17. The number of thioether (sulfide) groups is 1. The Balaban J connectivity index is 2.46. The molecular weight excluding hydrogens is 245 g/mol. The molecule has 0 radical (unpaired) electrons. The topological polar surface area (TPSA) is 12.0 Å². The van der Waals surface area contributed by atoms with Crippen LogP contribution in [0.1, 0.15) is 24.9 Å². The van der Waals surface area contributed by atoms with E-state index < -0.39 is 0 Å². The number of hydrogen-bond donors (Lipinski definition) is 1. The summed E-state index contributed by atoms with van der Waals surface area (Å²) in [6.45, 7) is 3.03. The van der Waals surface area contributed by atoms with Crippen molar-refractivity contribution in [1.29, 1.82) is 0 Å². The first kappa shape index (κ1) is 13.8. The van der Waals surface area contributed by atoms with E-state index in [9.17, 15) is 4.39 Å². The van der Waals surface area contributed by atoms with Crippen LogP contribution in [-0.2, 0) is 0 Å². The minimum absolute atomic E-state index is 0.190. The third-order valence-corrected chi connectivity index (χ3v) is 3.41. The molecule has 1 N–H and O–H groups in total. The van der Waals surface area contributed by atoms with E-state index in [0.29, 0.717) is 0 Å². The van der Waals surface area contributed by atoms with Crippen molar-refractivity contribution >= 4 is 23.4 Å². The van der Waals surface area contributed by atoms with Crippen molar-refractivity contribution in [1.82, 2.24) is 5.32 Å². The highest BCUT2D eigenvalue weighted by Crippen LogP contribution is 2.20. The summed E-state index contributed by atoms with van der Waals surface area (Å²) in [6, 6.07) is 5.08. The van der Waals surface area contributed by atoms with Gasteiger partial charge in [0.15, 0.2) is 0 Å². The standard InChI is InChI=1S/C12H17ClFNS/c1-9(15-6-3-7-16-2)10-4-5-12(14)11(13)8-10/h4-5,8-9,15H,3,6-7H2,1-2H3. The van der Waals surface area contributed by atoms with E-state index >= 15 is 0 Å². The number of hydrogen-bond acceptors (Lipinski definition) is 2. The van der Waals surface area contributed by atoms with Crippen molar-refractivity contribution < 1.29 is 4.39 Å². The fourth-order valence-electron chi connectivity index (χ4n) is 1.43. The van der Waals surface area contributed by atoms with E-state index in [1.165, 1.54) is 6.07 Å². The zero-order valence-corrected chi connectivity index (χ0v) is 11.2. The molecule has 0 amide bonds. The molecule has 1 aromatic carbocycles. The zero-order chi connectivity index (χ0) is 12.0. The average Bonchev–Trinajstić information content (AvgIpc) is 2.28. The van der Waals surface area contributed by atoms with Crippen molar-refractivity contribution in [2.45, 2.75) is 19.4 Å². The van der Waals surface area contributed by atoms with Gasteiger partial charge in [-0.15, -0.1) is 0 Å². The van der Waals surface area contributed by atoms with Gasteiger partial charge in [0.05, 0.1) is 5.02 Å². The van der Waals surface area contributed by atoms with Crippen LogP contribution in [0.3, 0.4) is 0 Å². The smallest absolute Gasteiger partial charge is 0.141 e. The number of nitrogens with one attached hydrogen (secondary N) is 1. The number of benzene rings is 1. The molecule has 1 atom stereocenters. The molecule has 0 aliphatic rings. The molecule has 0 spiro atoms. The highest BCUT2D eigenvalue weighted by atomic mass is 35.5. The minimum atomic E-state index is -0.361. The Morgan fingerprint density at radius 3 is 2.88 bits per heavy atom. The van der Waals surface area contributed by atoms with E-state index in [1.54, 1.807) is 12.1 Å². The third-order valence-electron chi connectivity index (χ3n) is 2.42. The fourth-order valence-corrected chi connectivity index (χ4v) is 2.06. The van der Waals surface area contributed by atoms with E-state index in [2.05, 4.69) is 18.5 Å². The van der Waals surface area contributed by atoms with E-state index in [4.69, 9.17) is 11.6 Å². The first-order valence-electron chi connectivity index (χ1n) is 5.32. The van der Waals surface area contributed by atoms with Gasteiger partial charge in [0.1, 0.15) is 5.82 Å². The van der Waals surface area contributed by atoms with Crippen molar-refractivity contribution in [3.8, 4) is 0 Å². The molecule has 0 saturated heterocycles. The Hall–Kier alpha value is -0.250. The van der Waals surface area contributed by atoms with Gasteiger partial charge in [-0.3, -0.25) is 0 Å².